The summed E-state index contributed by atoms with van der Waals surface area (Å²) in [6.45, 7) is 25.4. The van der Waals surface area contributed by atoms with E-state index < -0.39 is 0 Å². The van der Waals surface area contributed by atoms with Crippen molar-refractivity contribution in [1.29, 1.82) is 0 Å². The van der Waals surface area contributed by atoms with Gasteiger partial charge in [0, 0.05) is 38.3 Å². The van der Waals surface area contributed by atoms with E-state index in [1.165, 1.54) is 77.0 Å². The van der Waals surface area contributed by atoms with E-state index in [-0.39, 0.29) is 36.3 Å². The molecule has 7 nitrogen and oxygen atoms in total. The molecule has 51 heavy (non-hydrogen) atoms. The molecule has 2 aliphatic heterocycles. The van der Waals surface area contributed by atoms with Gasteiger partial charge >= 0.3 is 0 Å². The summed E-state index contributed by atoms with van der Waals surface area (Å²) in [5.41, 5.74) is 0. The van der Waals surface area contributed by atoms with Crippen molar-refractivity contribution in [2.24, 2.45) is 35.5 Å². The Bertz CT molecular complexity index is 669. The van der Waals surface area contributed by atoms with E-state index in [2.05, 4.69) is 55.4 Å². The molecule has 0 radical (unpaired) electrons. The maximum Gasteiger partial charge on any atom is 0.108 e. The minimum Gasteiger partial charge on any atom is -0.381 e. The van der Waals surface area contributed by atoms with Gasteiger partial charge in [-0.3, -0.25) is 0 Å². The maximum atomic E-state index is 7.25. The highest BCUT2D eigenvalue weighted by atomic mass is 16.6. The van der Waals surface area contributed by atoms with Crippen molar-refractivity contribution < 1.29 is 33.2 Å². The first-order valence-electron chi connectivity index (χ1n) is 22.2. The van der Waals surface area contributed by atoms with Gasteiger partial charge in [0.2, 0.25) is 0 Å². The topological polar surface area (TPSA) is 71.2 Å². The molecule has 0 amide bonds. The van der Waals surface area contributed by atoms with Gasteiger partial charge < -0.3 is 33.2 Å². The zero-order valence-corrected chi connectivity index (χ0v) is 35.0. The molecule has 8 atom stereocenters. The van der Waals surface area contributed by atoms with Crippen LogP contribution in [-0.4, -0.2) is 90.5 Å². The third-order valence-electron chi connectivity index (χ3n) is 11.6. The van der Waals surface area contributed by atoms with Crippen molar-refractivity contribution in [3.8, 4) is 0 Å². The van der Waals surface area contributed by atoms with Crippen LogP contribution in [0.5, 0.6) is 0 Å². The van der Waals surface area contributed by atoms with Crippen LogP contribution >= 0.6 is 0 Å². The van der Waals surface area contributed by atoms with Gasteiger partial charge in [-0.25, -0.2) is 0 Å². The fourth-order valence-corrected chi connectivity index (χ4v) is 7.29. The van der Waals surface area contributed by atoms with E-state index in [4.69, 9.17) is 33.2 Å². The van der Waals surface area contributed by atoms with Crippen molar-refractivity contribution >= 4 is 0 Å². The van der Waals surface area contributed by atoms with Crippen LogP contribution in [0.4, 0.5) is 0 Å². The van der Waals surface area contributed by atoms with Crippen LogP contribution < -0.4 is 0 Å². The lowest BCUT2D eigenvalue weighted by molar-refractivity contribution is -0.138. The summed E-state index contributed by atoms with van der Waals surface area (Å²) in [5.74, 6) is 2.57. The first-order chi connectivity index (χ1) is 25.0. The minimum atomic E-state index is -0.117. The lowest BCUT2D eigenvalue weighted by atomic mass is 9.96. The van der Waals surface area contributed by atoms with Gasteiger partial charge in [-0.2, -0.15) is 0 Å². The summed E-state index contributed by atoms with van der Waals surface area (Å²) in [4.78, 5) is 0. The Morgan fingerprint density at radius 3 is 0.863 bits per heavy atom. The number of epoxide rings is 2. The van der Waals surface area contributed by atoms with Crippen LogP contribution in [0, 0.1) is 35.5 Å². The Morgan fingerprint density at radius 2 is 0.667 bits per heavy atom. The van der Waals surface area contributed by atoms with Crippen molar-refractivity contribution in [3.05, 3.63) is 0 Å². The average Bonchev–Trinajstić information content (AvgIpc) is 4.09. The van der Waals surface area contributed by atoms with Crippen molar-refractivity contribution in [2.45, 2.75) is 183 Å². The van der Waals surface area contributed by atoms with E-state index in [0.29, 0.717) is 50.1 Å². The van der Waals surface area contributed by atoms with Gasteiger partial charge in [-0.15, -0.1) is 0 Å². The second kappa shape index (κ2) is 30.0. The first-order valence-corrected chi connectivity index (χ1v) is 22.2. The average molecular weight is 727 g/mol. The standard InChI is InChI=1S/C44H86O7/c1-9-17-21-35(13-5)25-45-29-39(30-46-26-36(14-6)22-18-10-2)43(41-33-49-41)51-44(42-34-50-42)40(31-47-27-37(15-7)23-19-11-3)32-48-28-38(16-8)24-20-12-4/h35-44H,9-34H2,1-8H3. The molecule has 8 unspecified atom stereocenters. The summed E-state index contributed by atoms with van der Waals surface area (Å²) < 4.78 is 45.5. The zero-order chi connectivity index (χ0) is 37.1. The van der Waals surface area contributed by atoms with E-state index in [0.717, 1.165) is 65.3 Å². The number of rotatable bonds is 38. The summed E-state index contributed by atoms with van der Waals surface area (Å²) >= 11 is 0. The zero-order valence-electron chi connectivity index (χ0n) is 35.0. The molecule has 0 aliphatic carbocycles. The minimum absolute atomic E-state index is 0.0621. The lowest BCUT2D eigenvalue weighted by Crippen LogP contribution is -2.45. The fraction of sp³-hybridized carbons (Fsp3) is 1.00. The monoisotopic (exact) mass is 727 g/mol. The third-order valence-corrected chi connectivity index (χ3v) is 11.6. The highest BCUT2D eigenvalue weighted by Gasteiger charge is 2.47. The van der Waals surface area contributed by atoms with Gasteiger partial charge in [-0.1, -0.05) is 132 Å². The molecule has 0 bridgehead atoms. The molecule has 0 aromatic heterocycles. The molecule has 2 rings (SSSR count). The molecule has 2 fully saturated rings. The fourth-order valence-electron chi connectivity index (χ4n) is 7.29. The summed E-state index contributed by atoms with van der Waals surface area (Å²) in [6.07, 6.45) is 19.4. The predicted octanol–water partition coefficient (Wildman–Crippen LogP) is 10.7. The lowest BCUT2D eigenvalue weighted by Gasteiger charge is -2.34. The van der Waals surface area contributed by atoms with Crippen LogP contribution in [0.3, 0.4) is 0 Å². The normalized spacial score (nSPS) is 21.9. The van der Waals surface area contributed by atoms with Gasteiger partial charge in [0.05, 0.1) is 51.8 Å². The molecule has 2 aliphatic rings. The second-order valence-electron chi connectivity index (χ2n) is 16.1. The summed E-state index contributed by atoms with van der Waals surface area (Å²) in [7, 11) is 0. The van der Waals surface area contributed by atoms with E-state index in [1.54, 1.807) is 0 Å². The smallest absolute Gasteiger partial charge is 0.108 e. The molecule has 0 aromatic rings. The summed E-state index contributed by atoms with van der Waals surface area (Å²) in [5, 5.41) is 0. The molecule has 0 spiro atoms. The molecule has 7 heteroatoms. The SMILES string of the molecule is CCCCC(CC)COCC(COCC(CC)CCCC)C(OC(C(COCC(CC)CCCC)COCC(CC)CCCC)C1CO1)C1CO1. The van der Waals surface area contributed by atoms with Crippen LogP contribution in [0.15, 0.2) is 0 Å². The Kier molecular flexibility index (Phi) is 27.6. The van der Waals surface area contributed by atoms with Gasteiger partial charge in [-0.05, 0) is 49.4 Å². The van der Waals surface area contributed by atoms with Gasteiger partial charge in [0.25, 0.3) is 0 Å². The van der Waals surface area contributed by atoms with Crippen LogP contribution in [0.25, 0.3) is 0 Å². The number of unbranched alkanes of at least 4 members (excludes halogenated alkanes) is 4. The highest BCUT2D eigenvalue weighted by Crippen LogP contribution is 2.33. The molecule has 2 heterocycles. The van der Waals surface area contributed by atoms with E-state index in [1.807, 2.05) is 0 Å². The Labute approximate surface area is 316 Å². The van der Waals surface area contributed by atoms with Crippen LogP contribution in [0.1, 0.15) is 158 Å². The molecule has 2 saturated heterocycles. The molecule has 0 aromatic carbocycles. The second-order valence-corrected chi connectivity index (χ2v) is 16.1. The number of hydrogen-bond donors (Lipinski definition) is 0. The summed E-state index contributed by atoms with van der Waals surface area (Å²) in [6, 6.07) is 0. The van der Waals surface area contributed by atoms with Crippen LogP contribution in [-0.2, 0) is 33.2 Å². The van der Waals surface area contributed by atoms with Crippen molar-refractivity contribution in [1.82, 2.24) is 0 Å². The Hall–Kier alpha value is -0.280. The molecule has 0 N–H and O–H groups in total. The van der Waals surface area contributed by atoms with E-state index in [9.17, 15) is 0 Å². The first kappa shape index (κ1) is 46.9. The van der Waals surface area contributed by atoms with Crippen LogP contribution in [0.2, 0.25) is 0 Å². The Morgan fingerprint density at radius 1 is 0.412 bits per heavy atom. The quantitative estimate of drug-likeness (QED) is 0.0587. The molecular formula is C44H86O7. The van der Waals surface area contributed by atoms with Crippen molar-refractivity contribution in [3.63, 3.8) is 0 Å². The van der Waals surface area contributed by atoms with Gasteiger partial charge in [0.15, 0.2) is 0 Å². The third kappa shape index (κ3) is 20.8. The molecular weight excluding hydrogens is 640 g/mol. The highest BCUT2D eigenvalue weighted by molar-refractivity contribution is 4.92. The maximum absolute atomic E-state index is 7.25. The van der Waals surface area contributed by atoms with Crippen molar-refractivity contribution in [2.75, 3.05) is 66.1 Å². The predicted molar refractivity (Wildman–Crippen MR) is 212 cm³/mol. The molecule has 0 saturated carbocycles. The van der Waals surface area contributed by atoms with E-state index >= 15 is 0 Å². The molecule has 304 valence electrons. The number of hydrogen-bond acceptors (Lipinski definition) is 7. The largest absolute Gasteiger partial charge is 0.381 e. The number of ether oxygens (including phenoxy) is 7. The Balaban J connectivity index is 2.22. The van der Waals surface area contributed by atoms with Gasteiger partial charge in [0.1, 0.15) is 12.2 Å².